The lowest BCUT2D eigenvalue weighted by Crippen LogP contribution is -2.41. The number of carbonyl (C=O) groups excluding carboxylic acids is 1. The fourth-order valence-electron chi connectivity index (χ4n) is 1.86. The molecule has 1 atom stereocenters. The number of rotatable bonds is 5. The van der Waals surface area contributed by atoms with Gasteiger partial charge in [0.1, 0.15) is 5.82 Å². The highest BCUT2D eigenvalue weighted by Crippen LogP contribution is 2.18. The number of amides is 1. The molecule has 0 spiro atoms. The van der Waals surface area contributed by atoms with Gasteiger partial charge in [0, 0.05) is 13.7 Å². The fourth-order valence-corrected chi connectivity index (χ4v) is 1.86. The van der Waals surface area contributed by atoms with Crippen molar-refractivity contribution in [3.05, 3.63) is 29.6 Å². The summed E-state index contributed by atoms with van der Waals surface area (Å²) in [5.41, 5.74) is 5.68. The number of ether oxygens (including phenoxy) is 1. The summed E-state index contributed by atoms with van der Waals surface area (Å²) in [5.74, 6) is -0.852. The third kappa shape index (κ3) is 2.98. The number of carbonyl (C=O) groups is 1. The second kappa shape index (κ2) is 6.35. The Bertz CT molecular complexity index is 423. The van der Waals surface area contributed by atoms with Crippen LogP contribution < -0.4 is 5.73 Å². The summed E-state index contributed by atoms with van der Waals surface area (Å²) in [7, 11) is 1.57. The molecule has 1 aromatic rings. The summed E-state index contributed by atoms with van der Waals surface area (Å²) in [6.45, 7) is 4.67. The number of nitrogens with two attached hydrogens (primary N) is 1. The van der Waals surface area contributed by atoms with E-state index in [2.05, 4.69) is 0 Å². The molecule has 0 aliphatic rings. The van der Waals surface area contributed by atoms with Crippen LogP contribution in [0.2, 0.25) is 0 Å². The van der Waals surface area contributed by atoms with Crippen molar-refractivity contribution in [1.29, 1.82) is 0 Å². The van der Waals surface area contributed by atoms with Gasteiger partial charge in [-0.3, -0.25) is 4.79 Å². The van der Waals surface area contributed by atoms with Crippen LogP contribution >= 0.6 is 0 Å². The quantitative estimate of drug-likeness (QED) is 0.816. The lowest BCUT2D eigenvalue weighted by molar-refractivity contribution is 0.0580. The minimum Gasteiger partial charge on any atom is -0.396 e. The molecule has 1 amide bonds. The van der Waals surface area contributed by atoms with Gasteiger partial charge in [0.25, 0.3) is 5.91 Å². The largest absolute Gasteiger partial charge is 0.396 e. The molecule has 0 bridgehead atoms. The highest BCUT2D eigenvalue weighted by molar-refractivity contribution is 5.99. The molecule has 2 N–H and O–H groups in total. The maximum atomic E-state index is 13.3. The first-order chi connectivity index (χ1) is 8.52. The minimum atomic E-state index is -0.573. The number of hydrogen-bond donors (Lipinski definition) is 1. The Morgan fingerprint density at radius 1 is 1.56 bits per heavy atom. The van der Waals surface area contributed by atoms with Crippen molar-refractivity contribution in [3.63, 3.8) is 0 Å². The van der Waals surface area contributed by atoms with E-state index in [0.29, 0.717) is 13.2 Å². The number of anilines is 1. The lowest BCUT2D eigenvalue weighted by atomic mass is 10.1. The second-order valence-electron chi connectivity index (χ2n) is 4.10. The van der Waals surface area contributed by atoms with Crippen LogP contribution in [-0.4, -0.2) is 37.1 Å². The van der Waals surface area contributed by atoms with E-state index in [1.54, 1.807) is 12.0 Å². The minimum absolute atomic E-state index is 0.0878. The standard InChI is InChI=1S/C13H19FN2O2/c1-4-16(9(2)8-18-3)13(17)10-6-5-7-11(14)12(10)15/h5-7,9H,4,8,15H2,1-3H3. The summed E-state index contributed by atoms with van der Waals surface area (Å²) < 4.78 is 18.4. The van der Waals surface area contributed by atoms with E-state index in [1.807, 2.05) is 13.8 Å². The monoisotopic (exact) mass is 254 g/mol. The number of likely N-dealkylation sites (N-methyl/N-ethyl adjacent to an activating group) is 1. The van der Waals surface area contributed by atoms with Gasteiger partial charge in [0.2, 0.25) is 0 Å². The fraction of sp³-hybridized carbons (Fsp3) is 0.462. The van der Waals surface area contributed by atoms with Crippen molar-refractivity contribution >= 4 is 11.6 Å². The van der Waals surface area contributed by atoms with E-state index in [4.69, 9.17) is 10.5 Å². The molecule has 0 aliphatic carbocycles. The van der Waals surface area contributed by atoms with E-state index in [0.717, 1.165) is 0 Å². The molecule has 100 valence electrons. The predicted octanol–water partition coefficient (Wildman–Crippen LogP) is 1.90. The number of hydrogen-bond acceptors (Lipinski definition) is 3. The van der Waals surface area contributed by atoms with Gasteiger partial charge in [0.15, 0.2) is 0 Å². The van der Waals surface area contributed by atoms with E-state index >= 15 is 0 Å². The van der Waals surface area contributed by atoms with Crippen LogP contribution in [0, 0.1) is 5.82 Å². The molecule has 1 rings (SSSR count). The molecule has 0 fully saturated rings. The molecule has 1 aromatic carbocycles. The Hall–Kier alpha value is -1.62. The average molecular weight is 254 g/mol. The zero-order valence-corrected chi connectivity index (χ0v) is 10.9. The number of halogens is 1. The van der Waals surface area contributed by atoms with Gasteiger partial charge in [-0.05, 0) is 26.0 Å². The van der Waals surface area contributed by atoms with Gasteiger partial charge >= 0.3 is 0 Å². The smallest absolute Gasteiger partial charge is 0.256 e. The molecule has 1 unspecified atom stereocenters. The molecule has 0 saturated carbocycles. The van der Waals surface area contributed by atoms with Crippen molar-refractivity contribution in [2.45, 2.75) is 19.9 Å². The molecule has 0 radical (unpaired) electrons. The van der Waals surface area contributed by atoms with Gasteiger partial charge in [-0.1, -0.05) is 6.07 Å². The van der Waals surface area contributed by atoms with Gasteiger partial charge in [-0.15, -0.1) is 0 Å². The number of methoxy groups -OCH3 is 1. The summed E-state index contributed by atoms with van der Waals surface area (Å²) >= 11 is 0. The van der Waals surface area contributed by atoms with Crippen molar-refractivity contribution < 1.29 is 13.9 Å². The van der Waals surface area contributed by atoms with Gasteiger partial charge in [0.05, 0.1) is 23.9 Å². The molecule has 0 saturated heterocycles. The Kier molecular flexibility index (Phi) is 5.09. The third-order valence-corrected chi connectivity index (χ3v) is 2.82. The zero-order valence-electron chi connectivity index (χ0n) is 10.9. The van der Waals surface area contributed by atoms with Crippen LogP contribution in [0.1, 0.15) is 24.2 Å². The summed E-state index contributed by atoms with van der Waals surface area (Å²) in [6.07, 6.45) is 0. The zero-order chi connectivity index (χ0) is 13.7. The molecular weight excluding hydrogens is 235 g/mol. The lowest BCUT2D eigenvalue weighted by Gasteiger charge is -2.28. The van der Waals surface area contributed by atoms with E-state index < -0.39 is 5.82 Å². The molecule has 4 nitrogen and oxygen atoms in total. The Morgan fingerprint density at radius 3 is 2.78 bits per heavy atom. The van der Waals surface area contributed by atoms with Gasteiger partial charge in [-0.2, -0.15) is 0 Å². The van der Waals surface area contributed by atoms with E-state index in [9.17, 15) is 9.18 Å². The highest BCUT2D eigenvalue weighted by Gasteiger charge is 2.22. The first kappa shape index (κ1) is 14.4. The number of benzene rings is 1. The number of para-hydroxylation sites is 1. The predicted molar refractivity (Wildman–Crippen MR) is 68.9 cm³/mol. The topological polar surface area (TPSA) is 55.6 Å². The summed E-state index contributed by atoms with van der Waals surface area (Å²) in [5, 5.41) is 0. The van der Waals surface area contributed by atoms with Crippen molar-refractivity contribution in [2.75, 3.05) is 26.0 Å². The van der Waals surface area contributed by atoms with Gasteiger partial charge < -0.3 is 15.4 Å². The van der Waals surface area contributed by atoms with Crippen molar-refractivity contribution in [3.8, 4) is 0 Å². The Balaban J connectivity index is 3.00. The van der Waals surface area contributed by atoms with Crippen molar-refractivity contribution in [2.24, 2.45) is 0 Å². The first-order valence-corrected chi connectivity index (χ1v) is 5.86. The summed E-state index contributed by atoms with van der Waals surface area (Å²) in [4.78, 5) is 13.9. The maximum Gasteiger partial charge on any atom is 0.256 e. The van der Waals surface area contributed by atoms with Crippen LogP contribution in [0.5, 0.6) is 0 Å². The van der Waals surface area contributed by atoms with Crippen LogP contribution in [0.3, 0.4) is 0 Å². The molecule has 0 aromatic heterocycles. The molecule has 5 heteroatoms. The van der Waals surface area contributed by atoms with Crippen LogP contribution in [0.4, 0.5) is 10.1 Å². The Morgan fingerprint density at radius 2 is 2.22 bits per heavy atom. The first-order valence-electron chi connectivity index (χ1n) is 5.86. The van der Waals surface area contributed by atoms with E-state index in [1.165, 1.54) is 18.2 Å². The number of nitrogen functional groups attached to an aromatic ring is 1. The molecule has 18 heavy (non-hydrogen) atoms. The van der Waals surface area contributed by atoms with Crippen molar-refractivity contribution in [1.82, 2.24) is 4.90 Å². The number of nitrogens with zero attached hydrogens (tertiary/aromatic N) is 1. The molecular formula is C13H19FN2O2. The maximum absolute atomic E-state index is 13.3. The Labute approximate surface area is 107 Å². The third-order valence-electron chi connectivity index (χ3n) is 2.82. The van der Waals surface area contributed by atoms with Gasteiger partial charge in [-0.25, -0.2) is 4.39 Å². The SMILES string of the molecule is CCN(C(=O)c1cccc(F)c1N)C(C)COC. The van der Waals surface area contributed by atoms with Crippen LogP contribution in [0.15, 0.2) is 18.2 Å². The van der Waals surface area contributed by atoms with Crippen LogP contribution in [-0.2, 0) is 4.74 Å². The molecule has 0 heterocycles. The van der Waals surface area contributed by atoms with E-state index in [-0.39, 0.29) is 23.2 Å². The highest BCUT2D eigenvalue weighted by atomic mass is 19.1. The summed E-state index contributed by atoms with van der Waals surface area (Å²) in [6, 6.07) is 4.16. The normalized spacial score (nSPS) is 12.2. The molecule has 0 aliphatic heterocycles. The average Bonchev–Trinajstić information content (AvgIpc) is 2.33. The second-order valence-corrected chi connectivity index (χ2v) is 4.10. The van der Waals surface area contributed by atoms with Crippen LogP contribution in [0.25, 0.3) is 0 Å².